The molecule has 222 valence electrons. The summed E-state index contributed by atoms with van der Waals surface area (Å²) in [6.45, 7) is 3.70. The third kappa shape index (κ3) is 5.84. The van der Waals surface area contributed by atoms with Crippen molar-refractivity contribution in [3.8, 4) is 11.8 Å². The minimum atomic E-state index is -0.483. The number of piperidine rings is 1. The molecule has 1 aromatic heterocycles. The monoisotopic (exact) mass is 581 g/mol. The van der Waals surface area contributed by atoms with Crippen molar-refractivity contribution in [3.05, 3.63) is 86.9 Å². The number of rotatable bonds is 10. The lowest BCUT2D eigenvalue weighted by Gasteiger charge is -2.38. The molecule has 3 aromatic carbocycles. The number of anilines is 2. The minimum absolute atomic E-state index is 0.0722. The van der Waals surface area contributed by atoms with Crippen LogP contribution in [0.2, 0.25) is 0 Å². The molecule has 10 nitrogen and oxygen atoms in total. The number of ketones is 1. The summed E-state index contributed by atoms with van der Waals surface area (Å²) in [4.78, 5) is 41.6. The van der Waals surface area contributed by atoms with Crippen molar-refractivity contribution in [3.63, 3.8) is 0 Å². The number of nitrogens with zero attached hydrogens (tertiary/aromatic N) is 4. The van der Waals surface area contributed by atoms with Crippen LogP contribution in [0.1, 0.15) is 45.5 Å². The molecule has 0 unspecified atom stereocenters. The first-order valence-electron chi connectivity index (χ1n) is 14.3. The van der Waals surface area contributed by atoms with Crippen LogP contribution in [0, 0.1) is 18.3 Å². The largest absolute Gasteiger partial charge is 0.497 e. The highest BCUT2D eigenvalue weighted by Gasteiger charge is 2.26. The van der Waals surface area contributed by atoms with Gasteiger partial charge in [0.15, 0.2) is 11.4 Å². The van der Waals surface area contributed by atoms with E-state index in [1.54, 1.807) is 44.5 Å². The van der Waals surface area contributed by atoms with E-state index < -0.39 is 5.76 Å². The molecule has 1 aliphatic rings. The molecule has 1 saturated heterocycles. The van der Waals surface area contributed by atoms with Crippen molar-refractivity contribution >= 4 is 34.7 Å². The smallest absolute Gasteiger partial charge is 0.419 e. The van der Waals surface area contributed by atoms with Gasteiger partial charge in [-0.3, -0.25) is 14.2 Å². The number of nitrogens with one attached hydrogen (secondary N) is 1. The molecule has 0 aliphatic carbocycles. The summed E-state index contributed by atoms with van der Waals surface area (Å²) in [5.41, 5.74) is 5.90. The Morgan fingerprint density at radius 1 is 1.16 bits per heavy atom. The number of fused-ring (bicyclic) bond motifs is 1. The predicted octanol–water partition coefficient (Wildman–Crippen LogP) is 4.26. The molecule has 1 fully saturated rings. The topological polar surface area (TPSA) is 121 Å². The SMILES string of the molecule is CNc1ccc(OC)cc1CCN(C=O)C1CCN(c2cc(C(=O)c3cc(C)c4c(c3)oc(=O)n4C)ccc2C#N)CC1. The van der Waals surface area contributed by atoms with Gasteiger partial charge in [-0.15, -0.1) is 0 Å². The molecular formula is C33H35N5O5. The Morgan fingerprint density at radius 3 is 2.60 bits per heavy atom. The zero-order chi connectivity index (χ0) is 30.7. The van der Waals surface area contributed by atoms with E-state index in [1.807, 2.05) is 37.1 Å². The number of aryl methyl sites for hydroxylation is 2. The second-order valence-electron chi connectivity index (χ2n) is 10.8. The highest BCUT2D eigenvalue weighted by Crippen LogP contribution is 2.29. The number of ether oxygens (including phenoxy) is 1. The number of aromatic nitrogens is 1. The number of oxazole rings is 1. The van der Waals surface area contributed by atoms with E-state index in [0.29, 0.717) is 59.5 Å². The average molecular weight is 582 g/mol. The molecule has 0 bridgehead atoms. The second kappa shape index (κ2) is 12.4. The summed E-state index contributed by atoms with van der Waals surface area (Å²) in [7, 11) is 5.14. The lowest BCUT2D eigenvalue weighted by atomic mass is 9.97. The van der Waals surface area contributed by atoms with Crippen LogP contribution in [-0.4, -0.2) is 61.5 Å². The van der Waals surface area contributed by atoms with Crippen LogP contribution in [0.5, 0.6) is 5.75 Å². The highest BCUT2D eigenvalue weighted by atomic mass is 16.5. The molecule has 0 atom stereocenters. The number of methoxy groups -OCH3 is 1. The average Bonchev–Trinajstić information content (AvgIpc) is 3.33. The molecule has 0 saturated carbocycles. The van der Waals surface area contributed by atoms with Gasteiger partial charge in [-0.2, -0.15) is 5.26 Å². The summed E-state index contributed by atoms with van der Waals surface area (Å²) in [6.07, 6.45) is 3.09. The zero-order valence-corrected chi connectivity index (χ0v) is 24.8. The Morgan fingerprint density at radius 2 is 1.93 bits per heavy atom. The van der Waals surface area contributed by atoms with Crippen molar-refractivity contribution in [1.29, 1.82) is 5.26 Å². The van der Waals surface area contributed by atoms with Crippen molar-refractivity contribution < 1.29 is 18.7 Å². The van der Waals surface area contributed by atoms with Crippen LogP contribution in [0.15, 0.2) is 57.7 Å². The van der Waals surface area contributed by atoms with Gasteiger partial charge in [-0.25, -0.2) is 4.79 Å². The molecule has 0 radical (unpaired) electrons. The molecule has 0 spiro atoms. The van der Waals surface area contributed by atoms with E-state index in [2.05, 4.69) is 16.3 Å². The second-order valence-corrected chi connectivity index (χ2v) is 10.8. The maximum atomic E-state index is 13.5. The van der Waals surface area contributed by atoms with Gasteiger partial charge in [0.1, 0.15) is 11.8 Å². The van der Waals surface area contributed by atoms with E-state index in [-0.39, 0.29) is 11.8 Å². The number of nitriles is 1. The fourth-order valence-corrected chi connectivity index (χ4v) is 5.99. The Kier molecular flexibility index (Phi) is 8.53. The molecule has 1 N–H and O–H groups in total. The number of carbonyl (C=O) groups excluding carboxylic acids is 2. The lowest BCUT2D eigenvalue weighted by molar-refractivity contribution is -0.120. The van der Waals surface area contributed by atoms with Gasteiger partial charge < -0.3 is 24.3 Å². The number of hydrogen-bond donors (Lipinski definition) is 1. The van der Waals surface area contributed by atoms with Gasteiger partial charge in [-0.05, 0) is 85.8 Å². The maximum Gasteiger partial charge on any atom is 0.419 e. The predicted molar refractivity (Wildman–Crippen MR) is 165 cm³/mol. The van der Waals surface area contributed by atoms with Gasteiger partial charge in [0.05, 0.1) is 23.9 Å². The van der Waals surface area contributed by atoms with Crippen molar-refractivity contribution in [2.75, 3.05) is 44.0 Å². The Hall–Kier alpha value is -5.04. The van der Waals surface area contributed by atoms with Crippen LogP contribution < -0.4 is 20.7 Å². The first kappa shape index (κ1) is 29.5. The Balaban J connectivity index is 1.30. The highest BCUT2D eigenvalue weighted by molar-refractivity contribution is 6.11. The van der Waals surface area contributed by atoms with Gasteiger partial charge in [0, 0.05) is 56.6 Å². The first-order chi connectivity index (χ1) is 20.8. The van der Waals surface area contributed by atoms with Gasteiger partial charge in [0.25, 0.3) is 0 Å². The molecule has 5 rings (SSSR count). The maximum absolute atomic E-state index is 13.5. The Labute approximate surface area is 250 Å². The van der Waals surface area contributed by atoms with Crippen molar-refractivity contribution in [2.24, 2.45) is 7.05 Å². The van der Waals surface area contributed by atoms with Crippen LogP contribution >= 0.6 is 0 Å². The fraction of sp³-hybridized carbons (Fsp3) is 0.333. The molecule has 2 heterocycles. The third-order valence-electron chi connectivity index (χ3n) is 8.35. The molecule has 4 aromatic rings. The molecule has 10 heteroatoms. The van der Waals surface area contributed by atoms with E-state index >= 15 is 0 Å². The molecule has 1 aliphatic heterocycles. The van der Waals surface area contributed by atoms with Gasteiger partial charge >= 0.3 is 5.76 Å². The van der Waals surface area contributed by atoms with Crippen molar-refractivity contribution in [1.82, 2.24) is 9.47 Å². The van der Waals surface area contributed by atoms with Crippen molar-refractivity contribution in [2.45, 2.75) is 32.2 Å². The van der Waals surface area contributed by atoms with Gasteiger partial charge in [0.2, 0.25) is 6.41 Å². The Bertz CT molecular complexity index is 1770. The van der Waals surface area contributed by atoms with E-state index in [9.17, 15) is 19.6 Å². The number of hydrogen-bond acceptors (Lipinski definition) is 8. The molecule has 1 amide bonds. The number of carbonyl (C=O) groups is 2. The summed E-state index contributed by atoms with van der Waals surface area (Å²) in [5, 5.41) is 13.0. The van der Waals surface area contributed by atoms with Crippen LogP contribution in [0.4, 0.5) is 11.4 Å². The fourth-order valence-electron chi connectivity index (χ4n) is 5.99. The third-order valence-corrected chi connectivity index (χ3v) is 8.35. The van der Waals surface area contributed by atoms with E-state index in [0.717, 1.165) is 41.8 Å². The summed E-state index contributed by atoms with van der Waals surface area (Å²) >= 11 is 0. The summed E-state index contributed by atoms with van der Waals surface area (Å²) in [6, 6.07) is 16.6. The quantitative estimate of drug-likeness (QED) is 0.218. The molecular weight excluding hydrogens is 546 g/mol. The summed E-state index contributed by atoms with van der Waals surface area (Å²) < 4.78 is 12.1. The van der Waals surface area contributed by atoms with E-state index in [1.165, 1.54) is 4.57 Å². The first-order valence-corrected chi connectivity index (χ1v) is 14.3. The van der Waals surface area contributed by atoms with E-state index in [4.69, 9.17) is 9.15 Å². The van der Waals surface area contributed by atoms with Crippen LogP contribution in [0.3, 0.4) is 0 Å². The zero-order valence-electron chi connectivity index (χ0n) is 24.8. The lowest BCUT2D eigenvalue weighted by Crippen LogP contribution is -2.45. The standard InChI is InChI=1S/C33H35N5O5/c1-21-15-25(18-30-31(21)36(3)33(41)43-30)32(40)23-5-6-24(19-34)29(17-23)37-13-10-26(11-14-37)38(20-39)12-9-22-16-27(42-4)7-8-28(22)35-2/h5-8,15-18,20,26,35H,9-14H2,1-4H3. The number of benzene rings is 3. The number of amides is 1. The van der Waals surface area contributed by atoms with Gasteiger partial charge in [-0.1, -0.05) is 0 Å². The van der Waals surface area contributed by atoms with Crippen LogP contribution in [-0.2, 0) is 18.3 Å². The summed E-state index contributed by atoms with van der Waals surface area (Å²) in [5.74, 6) is 0.0713. The minimum Gasteiger partial charge on any atom is -0.497 e. The molecule has 43 heavy (non-hydrogen) atoms. The normalized spacial score (nSPS) is 13.5. The van der Waals surface area contributed by atoms with Crippen LogP contribution in [0.25, 0.3) is 11.1 Å².